The number of hydrogen-bond donors (Lipinski definition) is 0. The number of carbonyl (C=O) groups is 1. The van der Waals surface area contributed by atoms with E-state index >= 15 is 0 Å². The smallest absolute Gasteiger partial charge is 0.410 e. The first-order valence-electron chi connectivity index (χ1n) is 10.6. The Kier molecular flexibility index (Phi) is 5.62. The van der Waals surface area contributed by atoms with Gasteiger partial charge in [-0.15, -0.1) is 0 Å². The number of amides is 1. The van der Waals surface area contributed by atoms with Crippen LogP contribution in [0, 0.1) is 5.82 Å². The number of ether oxygens (including phenoxy) is 1. The Morgan fingerprint density at radius 2 is 1.72 bits per heavy atom. The Hall–Kier alpha value is -3.42. The van der Waals surface area contributed by atoms with Gasteiger partial charge in [-0.05, 0) is 56.7 Å². The summed E-state index contributed by atoms with van der Waals surface area (Å²) in [7, 11) is 1.69. The minimum absolute atomic E-state index is 0.167. The van der Waals surface area contributed by atoms with Crippen LogP contribution >= 0.6 is 0 Å². The molecule has 1 aliphatic rings. The number of benzene rings is 1. The van der Waals surface area contributed by atoms with E-state index in [-0.39, 0.29) is 17.5 Å². The van der Waals surface area contributed by atoms with E-state index in [4.69, 9.17) is 4.74 Å². The van der Waals surface area contributed by atoms with Crippen LogP contribution in [0.2, 0.25) is 0 Å². The lowest BCUT2D eigenvalue weighted by Gasteiger charge is -2.38. The molecule has 1 amide bonds. The van der Waals surface area contributed by atoms with Crippen LogP contribution in [0.3, 0.4) is 0 Å². The normalized spacial score (nSPS) is 14.7. The summed E-state index contributed by atoms with van der Waals surface area (Å²) in [5.41, 5.74) is 1.81. The molecule has 0 saturated carbocycles. The fraction of sp³-hybridized carbons (Fsp3) is 0.375. The second-order valence-corrected chi connectivity index (χ2v) is 8.94. The highest BCUT2D eigenvalue weighted by molar-refractivity contribution is 6.00. The lowest BCUT2D eigenvalue weighted by Crippen LogP contribution is -2.50. The van der Waals surface area contributed by atoms with Crippen LogP contribution < -0.4 is 10.5 Å². The molecule has 0 spiro atoms. The SMILES string of the molecule is Cn1c(=O)c(-c2ccncc2)c(N2CCN(C(=O)OC(C)(C)C)CC2)c2cc(F)ccc21. The molecule has 1 fully saturated rings. The first-order chi connectivity index (χ1) is 15.2. The van der Waals surface area contributed by atoms with Gasteiger partial charge >= 0.3 is 6.09 Å². The highest BCUT2D eigenvalue weighted by Gasteiger charge is 2.29. The number of anilines is 1. The quantitative estimate of drug-likeness (QED) is 0.609. The molecule has 4 rings (SSSR count). The average Bonchev–Trinajstić information content (AvgIpc) is 2.75. The molecule has 7 nitrogen and oxygen atoms in total. The number of halogens is 1. The molecule has 32 heavy (non-hydrogen) atoms. The van der Waals surface area contributed by atoms with Gasteiger partial charge in [-0.25, -0.2) is 9.18 Å². The van der Waals surface area contributed by atoms with Crippen molar-refractivity contribution < 1.29 is 13.9 Å². The largest absolute Gasteiger partial charge is 0.444 e. The molecular weight excluding hydrogens is 411 g/mol. The maximum absolute atomic E-state index is 14.3. The van der Waals surface area contributed by atoms with E-state index in [1.165, 1.54) is 12.1 Å². The third-order valence-corrected chi connectivity index (χ3v) is 5.55. The number of aromatic nitrogens is 2. The molecular formula is C24H27FN4O3. The lowest BCUT2D eigenvalue weighted by atomic mass is 10.0. The van der Waals surface area contributed by atoms with Crippen LogP contribution in [-0.4, -0.2) is 52.3 Å². The zero-order valence-electron chi connectivity index (χ0n) is 18.8. The monoisotopic (exact) mass is 438 g/mol. The minimum Gasteiger partial charge on any atom is -0.444 e. The number of carbonyl (C=O) groups excluding carboxylic acids is 1. The highest BCUT2D eigenvalue weighted by atomic mass is 19.1. The maximum Gasteiger partial charge on any atom is 0.410 e. The zero-order chi connectivity index (χ0) is 23.0. The summed E-state index contributed by atoms with van der Waals surface area (Å²) >= 11 is 0. The number of fused-ring (bicyclic) bond motifs is 1. The first-order valence-corrected chi connectivity index (χ1v) is 10.6. The summed E-state index contributed by atoms with van der Waals surface area (Å²) in [4.78, 5) is 33.7. The number of pyridine rings is 2. The Morgan fingerprint density at radius 3 is 2.34 bits per heavy atom. The molecule has 8 heteroatoms. The Labute approximate surface area is 186 Å². The van der Waals surface area contributed by atoms with Crippen molar-refractivity contribution in [2.45, 2.75) is 26.4 Å². The standard InChI is InChI=1S/C24H27FN4O3/c1-24(2,3)32-23(31)29-13-11-28(12-14-29)21-18-15-17(25)5-6-19(18)27(4)22(30)20(21)16-7-9-26-10-8-16/h5-10,15H,11-14H2,1-4H3. The van der Waals surface area contributed by atoms with Gasteiger partial charge in [-0.2, -0.15) is 0 Å². The van der Waals surface area contributed by atoms with Crippen molar-refractivity contribution >= 4 is 22.7 Å². The number of piperazine rings is 1. The molecule has 3 heterocycles. The van der Waals surface area contributed by atoms with Gasteiger partial charge in [0.1, 0.15) is 11.4 Å². The fourth-order valence-corrected chi connectivity index (χ4v) is 4.05. The zero-order valence-corrected chi connectivity index (χ0v) is 18.8. The second-order valence-electron chi connectivity index (χ2n) is 8.94. The van der Waals surface area contributed by atoms with Gasteiger partial charge in [0.05, 0.1) is 16.8 Å². The number of nitrogens with zero attached hydrogens (tertiary/aromatic N) is 4. The lowest BCUT2D eigenvalue weighted by molar-refractivity contribution is 0.0241. The maximum atomic E-state index is 14.3. The molecule has 0 bridgehead atoms. The Bertz CT molecular complexity index is 1210. The molecule has 168 valence electrons. The third kappa shape index (κ3) is 4.17. The van der Waals surface area contributed by atoms with Gasteiger partial charge in [-0.3, -0.25) is 9.78 Å². The van der Waals surface area contributed by atoms with E-state index in [0.29, 0.717) is 48.3 Å². The third-order valence-electron chi connectivity index (χ3n) is 5.55. The van der Waals surface area contributed by atoms with Crippen molar-refractivity contribution in [1.82, 2.24) is 14.5 Å². The van der Waals surface area contributed by atoms with Gasteiger partial charge in [0.2, 0.25) is 0 Å². The van der Waals surface area contributed by atoms with E-state index in [0.717, 1.165) is 5.56 Å². The fourth-order valence-electron chi connectivity index (χ4n) is 4.05. The van der Waals surface area contributed by atoms with E-state index < -0.39 is 5.60 Å². The summed E-state index contributed by atoms with van der Waals surface area (Å²) in [6, 6.07) is 8.01. The molecule has 1 saturated heterocycles. The molecule has 1 aromatic carbocycles. The predicted octanol–water partition coefficient (Wildman–Crippen LogP) is 3.80. The number of rotatable bonds is 2. The van der Waals surface area contributed by atoms with E-state index in [9.17, 15) is 14.0 Å². The van der Waals surface area contributed by atoms with E-state index in [2.05, 4.69) is 9.88 Å². The molecule has 0 atom stereocenters. The van der Waals surface area contributed by atoms with Crippen LogP contribution in [0.1, 0.15) is 20.8 Å². The molecule has 0 radical (unpaired) electrons. The topological polar surface area (TPSA) is 67.7 Å². The van der Waals surface area contributed by atoms with Crippen molar-refractivity contribution in [2.75, 3.05) is 31.1 Å². The van der Waals surface area contributed by atoms with Gasteiger partial charge in [0.25, 0.3) is 5.56 Å². The summed E-state index contributed by atoms with van der Waals surface area (Å²) in [6.45, 7) is 7.38. The molecule has 0 aliphatic carbocycles. The highest BCUT2D eigenvalue weighted by Crippen LogP contribution is 2.35. The van der Waals surface area contributed by atoms with Gasteiger partial charge in [0.15, 0.2) is 0 Å². The molecule has 2 aromatic heterocycles. The van der Waals surface area contributed by atoms with Crippen molar-refractivity contribution in [3.63, 3.8) is 0 Å². The van der Waals surface area contributed by atoms with Crippen molar-refractivity contribution in [3.05, 3.63) is 58.9 Å². The van der Waals surface area contributed by atoms with Crippen LogP contribution in [-0.2, 0) is 11.8 Å². The predicted molar refractivity (Wildman–Crippen MR) is 122 cm³/mol. The van der Waals surface area contributed by atoms with Crippen LogP contribution in [0.5, 0.6) is 0 Å². The van der Waals surface area contributed by atoms with Crippen molar-refractivity contribution in [3.8, 4) is 11.1 Å². The van der Waals surface area contributed by atoms with E-state index in [1.54, 1.807) is 47.1 Å². The Balaban J connectivity index is 1.79. The van der Waals surface area contributed by atoms with Crippen molar-refractivity contribution in [1.29, 1.82) is 0 Å². The van der Waals surface area contributed by atoms with Crippen LogP contribution in [0.15, 0.2) is 47.5 Å². The van der Waals surface area contributed by atoms with E-state index in [1.807, 2.05) is 20.8 Å². The van der Waals surface area contributed by atoms with Crippen LogP contribution in [0.4, 0.5) is 14.9 Å². The number of hydrogen-bond acceptors (Lipinski definition) is 5. The van der Waals surface area contributed by atoms with Gasteiger partial charge < -0.3 is 19.1 Å². The van der Waals surface area contributed by atoms with Crippen LogP contribution in [0.25, 0.3) is 22.0 Å². The van der Waals surface area contributed by atoms with Crippen molar-refractivity contribution in [2.24, 2.45) is 7.05 Å². The van der Waals surface area contributed by atoms with Gasteiger partial charge in [-0.1, -0.05) is 0 Å². The molecule has 1 aliphatic heterocycles. The summed E-state index contributed by atoms with van der Waals surface area (Å²) < 4.78 is 21.3. The summed E-state index contributed by atoms with van der Waals surface area (Å²) in [5.74, 6) is -0.370. The molecule has 0 N–H and O–H groups in total. The molecule has 3 aromatic rings. The Morgan fingerprint density at radius 1 is 1.06 bits per heavy atom. The summed E-state index contributed by atoms with van der Waals surface area (Å²) in [6.07, 6.45) is 2.91. The molecule has 0 unspecified atom stereocenters. The van der Waals surface area contributed by atoms with Gasteiger partial charge in [0, 0.05) is 51.0 Å². The number of aryl methyl sites for hydroxylation is 1. The minimum atomic E-state index is -0.567. The second kappa shape index (κ2) is 8.26. The average molecular weight is 439 g/mol. The summed E-state index contributed by atoms with van der Waals surface area (Å²) in [5, 5.41) is 0.657. The first kappa shape index (κ1) is 21.8.